The Labute approximate surface area is 155 Å². The van der Waals surface area contributed by atoms with E-state index >= 15 is 0 Å². The molecule has 5 nitrogen and oxygen atoms in total. The lowest BCUT2D eigenvalue weighted by Gasteiger charge is -2.34. The van der Waals surface area contributed by atoms with Crippen LogP contribution in [0, 0.1) is 0 Å². The Balaban J connectivity index is 1.68. The SMILES string of the molecule is C[N+](C)(C)C[C@@H]1CO[C@@H](c2ccc(S(=O)(=O)c3ccccc3)cc2)CO1. The highest BCUT2D eigenvalue weighted by Gasteiger charge is 2.28. The highest BCUT2D eigenvalue weighted by molar-refractivity contribution is 7.91. The first-order valence-electron chi connectivity index (χ1n) is 8.69. The van der Waals surface area contributed by atoms with E-state index < -0.39 is 9.84 Å². The van der Waals surface area contributed by atoms with Gasteiger partial charge in [0.2, 0.25) is 9.84 Å². The van der Waals surface area contributed by atoms with Crippen molar-refractivity contribution in [1.82, 2.24) is 0 Å². The van der Waals surface area contributed by atoms with Gasteiger partial charge in [0.05, 0.1) is 44.1 Å². The largest absolute Gasteiger partial charge is 0.368 e. The summed E-state index contributed by atoms with van der Waals surface area (Å²) in [6, 6.07) is 15.4. The third-order valence-corrected chi connectivity index (χ3v) is 6.12. The number of likely N-dealkylation sites (N-methyl/N-ethyl adjacent to an activating group) is 1. The van der Waals surface area contributed by atoms with Crippen LogP contribution in [0.4, 0.5) is 0 Å². The molecule has 26 heavy (non-hydrogen) atoms. The fourth-order valence-corrected chi connectivity index (χ4v) is 4.33. The number of benzene rings is 2. The molecule has 6 heteroatoms. The molecule has 0 unspecified atom stereocenters. The number of sulfone groups is 1. The summed E-state index contributed by atoms with van der Waals surface area (Å²) in [5.74, 6) is 0. The standard InChI is InChI=1S/C20H26NO4S/c1-21(2,3)13-17-14-25-20(15-24-17)16-9-11-19(12-10-16)26(22,23)18-7-5-4-6-8-18/h4-12,17,20H,13-15H2,1-3H3/q+1/t17-,20-/m1/s1. The van der Waals surface area contributed by atoms with Crippen molar-refractivity contribution in [3.05, 3.63) is 60.2 Å². The Kier molecular flexibility index (Phi) is 5.48. The van der Waals surface area contributed by atoms with Gasteiger partial charge < -0.3 is 14.0 Å². The van der Waals surface area contributed by atoms with Gasteiger partial charge in [0.1, 0.15) is 18.8 Å². The molecule has 0 amide bonds. The first-order chi connectivity index (χ1) is 12.3. The van der Waals surface area contributed by atoms with Crippen molar-refractivity contribution in [1.29, 1.82) is 0 Å². The molecule has 0 N–H and O–H groups in total. The average molecular weight is 376 g/mol. The molecule has 1 aliphatic rings. The van der Waals surface area contributed by atoms with Gasteiger partial charge >= 0.3 is 0 Å². The first-order valence-corrected chi connectivity index (χ1v) is 10.2. The van der Waals surface area contributed by atoms with Crippen molar-refractivity contribution in [2.45, 2.75) is 22.0 Å². The van der Waals surface area contributed by atoms with E-state index in [1.54, 1.807) is 42.5 Å². The van der Waals surface area contributed by atoms with Gasteiger partial charge in [-0.2, -0.15) is 0 Å². The zero-order valence-electron chi connectivity index (χ0n) is 15.5. The summed E-state index contributed by atoms with van der Waals surface area (Å²) >= 11 is 0. The van der Waals surface area contributed by atoms with Crippen LogP contribution in [0.3, 0.4) is 0 Å². The Morgan fingerprint density at radius 3 is 2.04 bits per heavy atom. The number of rotatable bonds is 5. The van der Waals surface area contributed by atoms with Gasteiger partial charge in [0, 0.05) is 0 Å². The summed E-state index contributed by atoms with van der Waals surface area (Å²) in [5.41, 5.74) is 0.931. The molecule has 1 saturated heterocycles. The van der Waals surface area contributed by atoms with Gasteiger partial charge in [-0.05, 0) is 29.8 Å². The lowest BCUT2D eigenvalue weighted by Crippen LogP contribution is -2.46. The maximum Gasteiger partial charge on any atom is 0.206 e. The number of hydrogen-bond acceptors (Lipinski definition) is 4. The molecule has 1 fully saturated rings. The maximum absolute atomic E-state index is 12.6. The fourth-order valence-electron chi connectivity index (χ4n) is 3.05. The molecule has 0 aliphatic carbocycles. The van der Waals surface area contributed by atoms with Crippen molar-refractivity contribution < 1.29 is 22.4 Å². The first kappa shape index (κ1) is 19.0. The van der Waals surface area contributed by atoms with Crippen molar-refractivity contribution in [3.63, 3.8) is 0 Å². The molecule has 2 atom stereocenters. The van der Waals surface area contributed by atoms with Gasteiger partial charge in [-0.15, -0.1) is 0 Å². The van der Waals surface area contributed by atoms with Crippen LogP contribution in [-0.2, 0) is 19.3 Å². The molecule has 0 bridgehead atoms. The number of nitrogens with zero attached hydrogens (tertiary/aromatic N) is 1. The molecular formula is C20H26NO4S+. The van der Waals surface area contributed by atoms with E-state index in [0.29, 0.717) is 18.1 Å². The summed E-state index contributed by atoms with van der Waals surface area (Å²) in [7, 11) is 2.89. The van der Waals surface area contributed by atoms with E-state index in [9.17, 15) is 8.42 Å². The summed E-state index contributed by atoms with van der Waals surface area (Å²) in [4.78, 5) is 0.584. The summed E-state index contributed by atoms with van der Waals surface area (Å²) in [6.07, 6.45) is -0.0730. The molecular weight excluding hydrogens is 350 g/mol. The minimum Gasteiger partial charge on any atom is -0.368 e. The van der Waals surface area contributed by atoms with E-state index in [1.165, 1.54) is 0 Å². The molecule has 0 aromatic heterocycles. The molecule has 140 valence electrons. The van der Waals surface area contributed by atoms with Crippen molar-refractivity contribution in [3.8, 4) is 0 Å². The third kappa shape index (κ3) is 4.51. The van der Waals surface area contributed by atoms with E-state index in [-0.39, 0.29) is 17.1 Å². The van der Waals surface area contributed by atoms with E-state index in [4.69, 9.17) is 9.47 Å². The smallest absolute Gasteiger partial charge is 0.206 e. The highest BCUT2D eigenvalue weighted by atomic mass is 32.2. The lowest BCUT2D eigenvalue weighted by atomic mass is 10.1. The Bertz CT molecular complexity index is 818. The monoisotopic (exact) mass is 376 g/mol. The van der Waals surface area contributed by atoms with Crippen LogP contribution in [0.2, 0.25) is 0 Å². The van der Waals surface area contributed by atoms with E-state index in [2.05, 4.69) is 21.1 Å². The summed E-state index contributed by atoms with van der Waals surface area (Å²) in [5, 5.41) is 0. The molecule has 0 radical (unpaired) electrons. The normalized spacial score (nSPS) is 21.5. The number of ether oxygens (including phenoxy) is 2. The van der Waals surface area contributed by atoms with Crippen molar-refractivity contribution in [2.24, 2.45) is 0 Å². The van der Waals surface area contributed by atoms with Gasteiger partial charge in [-0.3, -0.25) is 0 Å². The molecule has 0 saturated carbocycles. The van der Waals surface area contributed by atoms with E-state index in [1.807, 2.05) is 12.1 Å². The second kappa shape index (κ2) is 7.48. The highest BCUT2D eigenvalue weighted by Crippen LogP contribution is 2.26. The van der Waals surface area contributed by atoms with Gasteiger partial charge in [0.15, 0.2) is 0 Å². The van der Waals surface area contributed by atoms with Crippen LogP contribution < -0.4 is 0 Å². The number of hydrogen-bond donors (Lipinski definition) is 0. The minimum absolute atomic E-state index is 0.0870. The quantitative estimate of drug-likeness (QED) is 0.753. The van der Waals surface area contributed by atoms with Crippen LogP contribution in [0.25, 0.3) is 0 Å². The third-order valence-electron chi connectivity index (χ3n) is 4.33. The number of quaternary nitrogens is 1. The fraction of sp³-hybridized carbons (Fsp3) is 0.400. The van der Waals surface area contributed by atoms with Crippen molar-refractivity contribution in [2.75, 3.05) is 40.9 Å². The summed E-state index contributed by atoms with van der Waals surface area (Å²) in [6.45, 7) is 1.92. The van der Waals surface area contributed by atoms with Crippen molar-refractivity contribution >= 4 is 9.84 Å². The predicted molar refractivity (Wildman–Crippen MR) is 99.7 cm³/mol. The van der Waals surface area contributed by atoms with Gasteiger partial charge in [-0.1, -0.05) is 30.3 Å². The molecule has 1 heterocycles. The minimum atomic E-state index is -3.49. The van der Waals surface area contributed by atoms with Gasteiger partial charge in [-0.25, -0.2) is 8.42 Å². The molecule has 1 aliphatic heterocycles. The molecule has 2 aromatic rings. The zero-order chi connectivity index (χ0) is 18.8. The van der Waals surface area contributed by atoms with Crippen LogP contribution in [0.15, 0.2) is 64.4 Å². The Morgan fingerprint density at radius 2 is 1.50 bits per heavy atom. The molecule has 2 aromatic carbocycles. The lowest BCUT2D eigenvalue weighted by molar-refractivity contribution is -0.874. The zero-order valence-corrected chi connectivity index (χ0v) is 16.3. The van der Waals surface area contributed by atoms with Gasteiger partial charge in [0.25, 0.3) is 0 Å². The molecule has 3 rings (SSSR count). The Hall–Kier alpha value is -1.73. The van der Waals surface area contributed by atoms with E-state index in [0.717, 1.165) is 16.6 Å². The second-order valence-electron chi connectivity index (χ2n) is 7.64. The maximum atomic E-state index is 12.6. The van der Waals surface area contributed by atoms with Crippen LogP contribution >= 0.6 is 0 Å². The van der Waals surface area contributed by atoms with Crippen LogP contribution in [-0.4, -0.2) is 59.9 Å². The predicted octanol–water partition coefficient (Wildman–Crippen LogP) is 2.68. The van der Waals surface area contributed by atoms with Crippen LogP contribution in [0.5, 0.6) is 0 Å². The average Bonchev–Trinajstić information content (AvgIpc) is 2.62. The Morgan fingerprint density at radius 1 is 0.885 bits per heavy atom. The molecule has 0 spiro atoms. The second-order valence-corrected chi connectivity index (χ2v) is 9.59. The van der Waals surface area contributed by atoms with Crippen LogP contribution in [0.1, 0.15) is 11.7 Å². The topological polar surface area (TPSA) is 52.6 Å². The summed E-state index contributed by atoms with van der Waals surface area (Å²) < 4.78 is 38.0.